The summed E-state index contributed by atoms with van der Waals surface area (Å²) >= 11 is 0. The van der Waals surface area contributed by atoms with Gasteiger partial charge in [0, 0.05) is 18.8 Å². The molecule has 0 atom stereocenters. The summed E-state index contributed by atoms with van der Waals surface area (Å²) in [4.78, 5) is 15.2. The molecule has 1 saturated carbocycles. The van der Waals surface area contributed by atoms with E-state index in [4.69, 9.17) is 9.47 Å². The SMILES string of the molecule is CCCOC1(C(=O)Nc2ccc(OCCN(CC)CC)cc2)CCCCC1. The van der Waals surface area contributed by atoms with Gasteiger partial charge in [-0.25, -0.2) is 0 Å². The van der Waals surface area contributed by atoms with Crippen molar-refractivity contribution in [1.82, 2.24) is 4.90 Å². The lowest BCUT2D eigenvalue weighted by Gasteiger charge is -2.35. The highest BCUT2D eigenvalue weighted by Gasteiger charge is 2.40. The summed E-state index contributed by atoms with van der Waals surface area (Å²) in [5, 5.41) is 3.05. The average Bonchev–Trinajstić information content (AvgIpc) is 2.71. The maximum Gasteiger partial charge on any atom is 0.256 e. The van der Waals surface area contributed by atoms with Gasteiger partial charge in [0.25, 0.3) is 5.91 Å². The van der Waals surface area contributed by atoms with E-state index in [2.05, 4.69) is 31.0 Å². The summed E-state index contributed by atoms with van der Waals surface area (Å²) in [7, 11) is 0. The summed E-state index contributed by atoms with van der Waals surface area (Å²) in [6.07, 6.45) is 5.84. The Morgan fingerprint density at radius 1 is 1.04 bits per heavy atom. The van der Waals surface area contributed by atoms with Crippen molar-refractivity contribution >= 4 is 11.6 Å². The summed E-state index contributed by atoms with van der Waals surface area (Å²) in [6.45, 7) is 10.7. The van der Waals surface area contributed by atoms with E-state index in [-0.39, 0.29) is 5.91 Å². The zero-order chi connectivity index (χ0) is 19.5. The number of hydrogen-bond acceptors (Lipinski definition) is 4. The number of likely N-dealkylation sites (N-methyl/N-ethyl adjacent to an activating group) is 1. The fraction of sp³-hybridized carbons (Fsp3) is 0.682. The first-order chi connectivity index (χ1) is 13.1. The molecule has 0 radical (unpaired) electrons. The Kier molecular flexibility index (Phi) is 9.08. The van der Waals surface area contributed by atoms with Crippen molar-refractivity contribution in [2.24, 2.45) is 0 Å². The highest BCUT2D eigenvalue weighted by atomic mass is 16.5. The number of nitrogens with one attached hydrogen (secondary N) is 1. The van der Waals surface area contributed by atoms with E-state index < -0.39 is 5.60 Å². The van der Waals surface area contributed by atoms with Crippen LogP contribution in [-0.2, 0) is 9.53 Å². The molecular weight excluding hydrogens is 340 g/mol. The van der Waals surface area contributed by atoms with Crippen LogP contribution in [0.5, 0.6) is 5.75 Å². The average molecular weight is 377 g/mol. The van der Waals surface area contributed by atoms with Gasteiger partial charge in [0.2, 0.25) is 0 Å². The summed E-state index contributed by atoms with van der Waals surface area (Å²) in [5.74, 6) is 0.820. The minimum absolute atomic E-state index is 0.00847. The molecule has 1 aromatic carbocycles. The first-order valence-electron chi connectivity index (χ1n) is 10.5. The summed E-state index contributed by atoms with van der Waals surface area (Å²) in [5.41, 5.74) is 0.133. The minimum Gasteiger partial charge on any atom is -0.492 e. The third-order valence-corrected chi connectivity index (χ3v) is 5.34. The minimum atomic E-state index is -0.660. The molecule has 1 amide bonds. The molecule has 1 aliphatic rings. The number of hydrogen-bond donors (Lipinski definition) is 1. The van der Waals surface area contributed by atoms with E-state index in [1.165, 1.54) is 6.42 Å². The molecule has 0 bridgehead atoms. The van der Waals surface area contributed by atoms with Crippen LogP contribution in [0, 0.1) is 0 Å². The normalized spacial score (nSPS) is 16.3. The quantitative estimate of drug-likeness (QED) is 0.619. The first-order valence-corrected chi connectivity index (χ1v) is 10.5. The van der Waals surface area contributed by atoms with Gasteiger partial charge in [-0.2, -0.15) is 0 Å². The van der Waals surface area contributed by atoms with E-state index >= 15 is 0 Å². The van der Waals surface area contributed by atoms with Gasteiger partial charge in [-0.05, 0) is 56.6 Å². The lowest BCUT2D eigenvalue weighted by atomic mass is 9.83. The number of anilines is 1. The molecule has 1 aromatic rings. The predicted octanol–water partition coefficient (Wildman–Crippen LogP) is 4.48. The Balaban J connectivity index is 1.89. The number of amides is 1. The van der Waals surface area contributed by atoms with E-state index in [0.29, 0.717) is 13.2 Å². The fourth-order valence-electron chi connectivity index (χ4n) is 3.57. The van der Waals surface area contributed by atoms with Crippen molar-refractivity contribution in [2.45, 2.75) is 64.9 Å². The van der Waals surface area contributed by atoms with Crippen molar-refractivity contribution in [3.63, 3.8) is 0 Å². The molecular formula is C22H36N2O3. The van der Waals surface area contributed by atoms with E-state index in [9.17, 15) is 4.79 Å². The van der Waals surface area contributed by atoms with Crippen LogP contribution in [0.4, 0.5) is 5.69 Å². The maximum atomic E-state index is 12.9. The van der Waals surface area contributed by atoms with Gasteiger partial charge in [-0.1, -0.05) is 40.0 Å². The zero-order valence-electron chi connectivity index (χ0n) is 17.3. The van der Waals surface area contributed by atoms with Gasteiger partial charge in [0.15, 0.2) is 0 Å². The van der Waals surface area contributed by atoms with Gasteiger partial charge in [-0.3, -0.25) is 4.79 Å². The lowest BCUT2D eigenvalue weighted by Crippen LogP contribution is -2.47. The molecule has 1 N–H and O–H groups in total. The Morgan fingerprint density at radius 3 is 2.30 bits per heavy atom. The van der Waals surface area contributed by atoms with Crippen LogP contribution in [0.25, 0.3) is 0 Å². The molecule has 1 fully saturated rings. The number of carbonyl (C=O) groups excluding carboxylic acids is 1. The standard InChI is InChI=1S/C22H36N2O3/c1-4-17-27-22(14-8-7-9-15-22)21(25)23-19-10-12-20(13-11-19)26-18-16-24(5-2)6-3/h10-13H,4-9,14-18H2,1-3H3,(H,23,25). The number of nitrogens with zero attached hydrogens (tertiary/aromatic N) is 1. The van der Waals surface area contributed by atoms with Crippen molar-refractivity contribution in [3.05, 3.63) is 24.3 Å². The molecule has 0 aromatic heterocycles. The van der Waals surface area contributed by atoms with Crippen LogP contribution in [0.2, 0.25) is 0 Å². The van der Waals surface area contributed by atoms with E-state index in [1.807, 2.05) is 24.3 Å². The molecule has 0 spiro atoms. The third kappa shape index (κ3) is 6.51. The van der Waals surface area contributed by atoms with Crippen molar-refractivity contribution in [3.8, 4) is 5.75 Å². The van der Waals surface area contributed by atoms with Gasteiger partial charge < -0.3 is 19.7 Å². The Labute approximate surface area is 164 Å². The van der Waals surface area contributed by atoms with E-state index in [0.717, 1.165) is 63.2 Å². The monoisotopic (exact) mass is 376 g/mol. The van der Waals surface area contributed by atoms with Gasteiger partial charge in [-0.15, -0.1) is 0 Å². The Hall–Kier alpha value is -1.59. The third-order valence-electron chi connectivity index (χ3n) is 5.34. The van der Waals surface area contributed by atoms with Crippen LogP contribution in [-0.4, -0.2) is 49.3 Å². The zero-order valence-corrected chi connectivity index (χ0v) is 17.3. The predicted molar refractivity (Wildman–Crippen MR) is 110 cm³/mol. The highest BCUT2D eigenvalue weighted by Crippen LogP contribution is 2.33. The second kappa shape index (κ2) is 11.3. The van der Waals surface area contributed by atoms with Crippen LogP contribution in [0.15, 0.2) is 24.3 Å². The number of rotatable bonds is 11. The van der Waals surface area contributed by atoms with Crippen LogP contribution >= 0.6 is 0 Å². The van der Waals surface area contributed by atoms with Gasteiger partial charge in [0.05, 0.1) is 0 Å². The molecule has 0 heterocycles. The Bertz CT molecular complexity index is 549. The number of carbonyl (C=O) groups is 1. The molecule has 1 aliphatic carbocycles. The summed E-state index contributed by atoms with van der Waals surface area (Å²) in [6, 6.07) is 7.64. The fourth-order valence-corrected chi connectivity index (χ4v) is 3.57. The molecule has 5 heteroatoms. The topological polar surface area (TPSA) is 50.8 Å². The Morgan fingerprint density at radius 2 is 1.70 bits per heavy atom. The van der Waals surface area contributed by atoms with Gasteiger partial charge in [0.1, 0.15) is 18.0 Å². The molecule has 0 unspecified atom stereocenters. The van der Waals surface area contributed by atoms with Crippen LogP contribution in [0.1, 0.15) is 59.3 Å². The largest absolute Gasteiger partial charge is 0.492 e. The molecule has 5 nitrogen and oxygen atoms in total. The second-order valence-corrected chi connectivity index (χ2v) is 7.26. The van der Waals surface area contributed by atoms with Crippen molar-refractivity contribution in [1.29, 1.82) is 0 Å². The lowest BCUT2D eigenvalue weighted by molar-refractivity contribution is -0.146. The van der Waals surface area contributed by atoms with Gasteiger partial charge >= 0.3 is 0 Å². The first kappa shape index (κ1) is 21.7. The number of benzene rings is 1. The maximum absolute atomic E-state index is 12.9. The molecule has 2 rings (SSSR count). The van der Waals surface area contributed by atoms with Crippen LogP contribution in [0.3, 0.4) is 0 Å². The second-order valence-electron chi connectivity index (χ2n) is 7.26. The molecule has 0 aliphatic heterocycles. The van der Waals surface area contributed by atoms with Crippen molar-refractivity contribution in [2.75, 3.05) is 38.2 Å². The smallest absolute Gasteiger partial charge is 0.256 e. The van der Waals surface area contributed by atoms with Crippen molar-refractivity contribution < 1.29 is 14.3 Å². The summed E-state index contributed by atoms with van der Waals surface area (Å²) < 4.78 is 11.8. The highest BCUT2D eigenvalue weighted by molar-refractivity contribution is 5.97. The number of ether oxygens (including phenoxy) is 2. The molecule has 152 valence electrons. The van der Waals surface area contributed by atoms with E-state index in [1.54, 1.807) is 0 Å². The molecule has 0 saturated heterocycles. The molecule has 27 heavy (non-hydrogen) atoms. The van der Waals surface area contributed by atoms with Crippen LogP contribution < -0.4 is 10.1 Å².